The summed E-state index contributed by atoms with van der Waals surface area (Å²) in [5, 5.41) is 45.6. The van der Waals surface area contributed by atoms with E-state index in [2.05, 4.69) is 27.7 Å². The van der Waals surface area contributed by atoms with Crippen LogP contribution in [0.5, 0.6) is 0 Å². The minimum absolute atomic E-state index is 0.00906. The first-order valence-electron chi connectivity index (χ1n) is 12.0. The van der Waals surface area contributed by atoms with Gasteiger partial charge in [0.1, 0.15) is 0 Å². The number of ketones is 1. The van der Waals surface area contributed by atoms with E-state index in [1.807, 2.05) is 0 Å². The molecule has 0 bridgehead atoms. The van der Waals surface area contributed by atoms with Crippen molar-refractivity contribution in [3.63, 3.8) is 0 Å². The van der Waals surface area contributed by atoms with E-state index in [0.29, 0.717) is 11.5 Å². The second-order valence-corrected chi connectivity index (χ2v) is 12.0. The van der Waals surface area contributed by atoms with Gasteiger partial charge in [0.25, 0.3) is 0 Å². The number of rotatable bonds is 1. The predicted octanol–water partition coefficient (Wildman–Crippen LogP) is 2.15. The topological polar surface area (TPSA) is 116 Å². The van der Waals surface area contributed by atoms with Crippen LogP contribution in [0, 0.1) is 28.6 Å². The summed E-state index contributed by atoms with van der Waals surface area (Å²) in [6, 6.07) is 0. The minimum atomic E-state index is -2.25. The maximum Gasteiger partial charge on any atom is 0.234 e. The first-order chi connectivity index (χ1) is 14.9. The molecule has 7 nitrogen and oxygen atoms in total. The predicted molar refractivity (Wildman–Crippen MR) is 113 cm³/mol. The second-order valence-electron chi connectivity index (χ2n) is 12.0. The number of fused-ring (bicyclic) bond motifs is 4. The molecule has 0 amide bonds. The van der Waals surface area contributed by atoms with Gasteiger partial charge in [-0.05, 0) is 49.0 Å². The van der Waals surface area contributed by atoms with Gasteiger partial charge in [0, 0.05) is 17.3 Å². The Morgan fingerprint density at radius 3 is 2.50 bits per heavy atom. The second kappa shape index (κ2) is 6.05. The Kier molecular flexibility index (Phi) is 4.03. The van der Waals surface area contributed by atoms with Gasteiger partial charge >= 0.3 is 0 Å². The number of carbonyl (C=O) groups excluding carboxylic acids is 1. The van der Waals surface area contributed by atoms with Crippen LogP contribution in [-0.4, -0.2) is 62.5 Å². The molecular weight excluding hydrogens is 412 g/mol. The lowest BCUT2D eigenvalue weighted by Crippen LogP contribution is -2.67. The van der Waals surface area contributed by atoms with E-state index >= 15 is 0 Å². The highest BCUT2D eigenvalue weighted by Crippen LogP contribution is 2.69. The molecule has 6 aliphatic rings. The van der Waals surface area contributed by atoms with Crippen molar-refractivity contribution < 1.29 is 34.7 Å². The van der Waals surface area contributed by atoms with Crippen molar-refractivity contribution >= 4 is 5.78 Å². The molecule has 4 N–H and O–H groups in total. The maximum atomic E-state index is 13.0. The van der Waals surface area contributed by atoms with Crippen LogP contribution in [0.3, 0.4) is 0 Å². The van der Waals surface area contributed by atoms with E-state index in [1.54, 1.807) is 0 Å². The van der Waals surface area contributed by atoms with Gasteiger partial charge in [0.2, 0.25) is 5.78 Å². The Labute approximate surface area is 188 Å². The molecule has 4 fully saturated rings. The van der Waals surface area contributed by atoms with Crippen molar-refractivity contribution in [3.8, 4) is 0 Å². The number of Topliss-reactive ketones (excluding diaryl/α,β-unsaturated/α-hetero) is 1. The van der Waals surface area contributed by atoms with Crippen LogP contribution >= 0.6 is 0 Å². The zero-order chi connectivity index (χ0) is 23.0. The van der Waals surface area contributed by atoms with E-state index in [4.69, 9.17) is 9.47 Å². The van der Waals surface area contributed by atoms with Crippen molar-refractivity contribution in [2.75, 3.05) is 6.61 Å². The third-order valence-corrected chi connectivity index (χ3v) is 10.1. The standard InChI is InChI=1S/C25H34O7/c1-11(2)12-5-6-22(3)7-8-23(4)17(15(12)22)14(26)9-13-16-20(23)32-21-25(16,30)24(29,10-31-21)19(28)18(13)27/h11,14,16-17,20-21,26-27,29-30H,5-10H2,1-4H3/t14-,16+,17+,20-,21-,22+,23+,24-,25-/m0/s1. The number of carbonyl (C=O) groups is 1. The number of ether oxygens (including phenoxy) is 2. The van der Waals surface area contributed by atoms with E-state index in [0.717, 1.165) is 25.7 Å². The van der Waals surface area contributed by atoms with Crippen LogP contribution in [0.4, 0.5) is 0 Å². The van der Waals surface area contributed by atoms with Crippen LogP contribution in [0.25, 0.3) is 0 Å². The first-order valence-corrected chi connectivity index (χ1v) is 12.0. The van der Waals surface area contributed by atoms with Crippen molar-refractivity contribution in [1.82, 2.24) is 0 Å². The Morgan fingerprint density at radius 2 is 1.81 bits per heavy atom. The third kappa shape index (κ3) is 2.10. The first kappa shape index (κ1) is 21.3. The molecule has 2 saturated heterocycles. The summed E-state index contributed by atoms with van der Waals surface area (Å²) < 4.78 is 12.0. The summed E-state index contributed by atoms with van der Waals surface area (Å²) in [6.45, 7) is 8.37. The quantitative estimate of drug-likeness (QED) is 0.456. The summed E-state index contributed by atoms with van der Waals surface area (Å²) >= 11 is 0. The molecule has 0 aromatic carbocycles. The van der Waals surface area contributed by atoms with Crippen LogP contribution < -0.4 is 0 Å². The molecule has 0 radical (unpaired) electrons. The van der Waals surface area contributed by atoms with E-state index < -0.39 is 59.2 Å². The number of hydrogen-bond donors (Lipinski definition) is 4. The summed E-state index contributed by atoms with van der Waals surface area (Å²) in [5.74, 6) is -2.15. The molecule has 0 unspecified atom stereocenters. The van der Waals surface area contributed by atoms with E-state index in [-0.39, 0.29) is 17.8 Å². The molecule has 2 saturated carbocycles. The summed E-state index contributed by atoms with van der Waals surface area (Å²) in [6.07, 6.45) is 1.31. The van der Waals surface area contributed by atoms with Crippen molar-refractivity contribution in [2.45, 2.75) is 89.5 Å². The molecule has 2 aliphatic heterocycles. The Hall–Kier alpha value is -1.25. The molecular formula is C25H34O7. The van der Waals surface area contributed by atoms with Crippen molar-refractivity contribution in [3.05, 3.63) is 22.5 Å². The van der Waals surface area contributed by atoms with Gasteiger partial charge in [-0.25, -0.2) is 0 Å². The normalized spacial score (nSPS) is 54.1. The zero-order valence-electron chi connectivity index (χ0n) is 19.2. The Bertz CT molecular complexity index is 983. The lowest BCUT2D eigenvalue weighted by atomic mass is 9.52. The summed E-state index contributed by atoms with van der Waals surface area (Å²) in [4.78, 5) is 13.0. The average Bonchev–Trinajstić information content (AvgIpc) is 3.30. The van der Waals surface area contributed by atoms with Crippen molar-refractivity contribution in [1.29, 1.82) is 0 Å². The van der Waals surface area contributed by atoms with Gasteiger partial charge in [-0.2, -0.15) is 0 Å². The molecule has 4 aliphatic carbocycles. The lowest BCUT2D eigenvalue weighted by Gasteiger charge is -2.53. The zero-order valence-corrected chi connectivity index (χ0v) is 19.2. The SMILES string of the molecule is CC(C)C1=C2[C@H]3[C@@H](O)CC4=C(O)C(=O)[C@@]5(O)CO[C@H]6O[C@@H]([C@@H]4[C@]65O)[C@]3(C)CC[C@@]2(C)CC1. The van der Waals surface area contributed by atoms with Gasteiger partial charge in [0.15, 0.2) is 23.3 Å². The summed E-state index contributed by atoms with van der Waals surface area (Å²) in [5.41, 5.74) is -1.75. The average molecular weight is 447 g/mol. The molecule has 2 heterocycles. The number of allylic oxidation sites excluding steroid dienone is 1. The number of aliphatic hydroxyl groups is 4. The number of aliphatic hydroxyl groups excluding tert-OH is 2. The summed E-state index contributed by atoms with van der Waals surface area (Å²) in [7, 11) is 0. The Morgan fingerprint density at radius 1 is 1.09 bits per heavy atom. The molecule has 6 rings (SSSR count). The fourth-order valence-corrected chi connectivity index (χ4v) is 8.39. The highest BCUT2D eigenvalue weighted by atomic mass is 16.7. The van der Waals surface area contributed by atoms with Crippen LogP contribution in [0.15, 0.2) is 22.5 Å². The fraction of sp³-hybridized carbons (Fsp3) is 0.800. The monoisotopic (exact) mass is 446 g/mol. The Balaban J connectivity index is 1.59. The van der Waals surface area contributed by atoms with E-state index in [9.17, 15) is 25.2 Å². The third-order valence-electron chi connectivity index (χ3n) is 10.1. The van der Waals surface area contributed by atoms with Crippen LogP contribution in [-0.2, 0) is 14.3 Å². The van der Waals surface area contributed by atoms with Crippen LogP contribution in [0.1, 0.15) is 59.8 Å². The fourth-order valence-electron chi connectivity index (χ4n) is 8.39. The molecule has 0 spiro atoms. The maximum absolute atomic E-state index is 13.0. The highest BCUT2D eigenvalue weighted by Gasteiger charge is 2.80. The van der Waals surface area contributed by atoms with Gasteiger partial charge in [-0.1, -0.05) is 38.8 Å². The van der Waals surface area contributed by atoms with Gasteiger partial charge in [-0.15, -0.1) is 0 Å². The minimum Gasteiger partial charge on any atom is -0.504 e. The van der Waals surface area contributed by atoms with E-state index in [1.165, 1.54) is 11.1 Å². The van der Waals surface area contributed by atoms with Gasteiger partial charge < -0.3 is 29.9 Å². The smallest absolute Gasteiger partial charge is 0.234 e. The van der Waals surface area contributed by atoms with Crippen LogP contribution in [0.2, 0.25) is 0 Å². The van der Waals surface area contributed by atoms with Crippen molar-refractivity contribution in [2.24, 2.45) is 28.6 Å². The number of hydrogen-bond acceptors (Lipinski definition) is 7. The molecule has 176 valence electrons. The van der Waals surface area contributed by atoms with Gasteiger partial charge in [-0.3, -0.25) is 4.79 Å². The molecule has 32 heavy (non-hydrogen) atoms. The molecule has 0 aromatic heterocycles. The largest absolute Gasteiger partial charge is 0.504 e. The molecule has 9 atom stereocenters. The lowest BCUT2D eigenvalue weighted by molar-refractivity contribution is -0.191. The highest BCUT2D eigenvalue weighted by molar-refractivity contribution is 6.03. The molecule has 7 heteroatoms. The molecule has 0 aromatic rings. The van der Waals surface area contributed by atoms with Gasteiger partial charge in [0.05, 0.1) is 18.8 Å².